The molecule has 2 aromatic rings. The Labute approximate surface area is 117 Å². The summed E-state index contributed by atoms with van der Waals surface area (Å²) in [5.74, 6) is 0.119. The summed E-state index contributed by atoms with van der Waals surface area (Å²) >= 11 is 0. The first-order valence-electron chi connectivity index (χ1n) is 6.74. The molecule has 0 saturated carbocycles. The van der Waals surface area contributed by atoms with Crippen LogP contribution in [-0.4, -0.2) is 34.0 Å². The number of hydrogen-bond acceptors (Lipinski definition) is 3. The molecular formula is C16H16N2O2. The van der Waals surface area contributed by atoms with Gasteiger partial charge in [0.2, 0.25) is 0 Å². The second-order valence-electron chi connectivity index (χ2n) is 5.02. The van der Waals surface area contributed by atoms with Crippen LogP contribution in [0.1, 0.15) is 28.4 Å². The molecule has 3 rings (SSSR count). The molecule has 1 amide bonds. The molecule has 1 aromatic heterocycles. The van der Waals surface area contributed by atoms with Gasteiger partial charge in [0.25, 0.3) is 5.91 Å². The van der Waals surface area contributed by atoms with Crippen molar-refractivity contribution in [3.05, 3.63) is 59.9 Å². The number of aromatic nitrogens is 1. The number of amides is 1. The Hall–Kier alpha value is -2.36. The Morgan fingerprint density at radius 1 is 1.20 bits per heavy atom. The molecule has 20 heavy (non-hydrogen) atoms. The van der Waals surface area contributed by atoms with Gasteiger partial charge in [-0.2, -0.15) is 0 Å². The molecule has 1 aromatic carbocycles. The van der Waals surface area contributed by atoms with Gasteiger partial charge in [-0.15, -0.1) is 0 Å². The molecule has 0 aliphatic carbocycles. The smallest absolute Gasteiger partial charge is 0.276 e. The van der Waals surface area contributed by atoms with Crippen molar-refractivity contribution in [2.75, 3.05) is 13.1 Å². The zero-order valence-corrected chi connectivity index (χ0v) is 11.1. The van der Waals surface area contributed by atoms with Crippen molar-refractivity contribution in [1.29, 1.82) is 0 Å². The maximum atomic E-state index is 12.3. The molecule has 1 fully saturated rings. The van der Waals surface area contributed by atoms with E-state index in [-0.39, 0.29) is 17.4 Å². The Balaban J connectivity index is 1.75. The molecule has 2 heterocycles. The monoisotopic (exact) mass is 268 g/mol. The van der Waals surface area contributed by atoms with Gasteiger partial charge in [0.1, 0.15) is 5.75 Å². The van der Waals surface area contributed by atoms with Crippen LogP contribution in [0.3, 0.4) is 0 Å². The summed E-state index contributed by atoms with van der Waals surface area (Å²) in [6.07, 6.45) is 2.47. The molecule has 1 N–H and O–H groups in total. The van der Waals surface area contributed by atoms with E-state index >= 15 is 0 Å². The minimum absolute atomic E-state index is 0.0549. The summed E-state index contributed by atoms with van der Waals surface area (Å²) in [4.78, 5) is 18.1. The van der Waals surface area contributed by atoms with Crippen LogP contribution < -0.4 is 0 Å². The van der Waals surface area contributed by atoms with Crippen molar-refractivity contribution in [3.8, 4) is 5.75 Å². The molecule has 1 aliphatic rings. The SMILES string of the molecule is O=C(c1ncccc1O)N1CCC(c2ccccc2)C1. The van der Waals surface area contributed by atoms with Crippen LogP contribution in [0.4, 0.5) is 0 Å². The van der Waals surface area contributed by atoms with Crippen LogP contribution in [0, 0.1) is 0 Å². The lowest BCUT2D eigenvalue weighted by atomic mass is 9.99. The summed E-state index contributed by atoms with van der Waals surface area (Å²) in [7, 11) is 0. The van der Waals surface area contributed by atoms with Crippen molar-refractivity contribution in [2.24, 2.45) is 0 Å². The number of aromatic hydroxyl groups is 1. The van der Waals surface area contributed by atoms with Crippen molar-refractivity contribution in [1.82, 2.24) is 9.88 Å². The third kappa shape index (κ3) is 2.37. The van der Waals surface area contributed by atoms with Crippen LogP contribution in [-0.2, 0) is 0 Å². The van der Waals surface area contributed by atoms with Gasteiger partial charge in [-0.1, -0.05) is 30.3 Å². The van der Waals surface area contributed by atoms with E-state index in [2.05, 4.69) is 17.1 Å². The third-order valence-corrected chi connectivity index (χ3v) is 3.74. The number of likely N-dealkylation sites (tertiary alicyclic amines) is 1. The van der Waals surface area contributed by atoms with Gasteiger partial charge >= 0.3 is 0 Å². The minimum Gasteiger partial charge on any atom is -0.505 e. The van der Waals surface area contributed by atoms with Crippen LogP contribution in [0.25, 0.3) is 0 Å². The zero-order valence-electron chi connectivity index (χ0n) is 11.1. The van der Waals surface area contributed by atoms with Crippen molar-refractivity contribution in [3.63, 3.8) is 0 Å². The molecule has 1 atom stereocenters. The normalized spacial score (nSPS) is 18.2. The summed E-state index contributed by atoms with van der Waals surface area (Å²) in [5.41, 5.74) is 1.40. The Kier molecular flexibility index (Phi) is 3.37. The lowest BCUT2D eigenvalue weighted by Gasteiger charge is -2.16. The summed E-state index contributed by atoms with van der Waals surface area (Å²) in [6, 6.07) is 13.3. The number of benzene rings is 1. The molecule has 1 saturated heterocycles. The van der Waals surface area contributed by atoms with E-state index in [1.807, 2.05) is 18.2 Å². The fourth-order valence-corrected chi connectivity index (χ4v) is 2.65. The standard InChI is InChI=1S/C16H16N2O2/c19-14-7-4-9-17-15(14)16(20)18-10-8-13(11-18)12-5-2-1-3-6-12/h1-7,9,13,19H,8,10-11H2. The molecule has 4 heteroatoms. The number of pyridine rings is 1. The highest BCUT2D eigenvalue weighted by molar-refractivity contribution is 5.95. The largest absolute Gasteiger partial charge is 0.505 e. The van der Waals surface area contributed by atoms with E-state index in [0.717, 1.165) is 6.42 Å². The van der Waals surface area contributed by atoms with Gasteiger partial charge in [-0.25, -0.2) is 4.98 Å². The molecule has 1 aliphatic heterocycles. The number of carbonyl (C=O) groups excluding carboxylic acids is 1. The van der Waals surface area contributed by atoms with Gasteiger partial charge < -0.3 is 10.0 Å². The lowest BCUT2D eigenvalue weighted by molar-refractivity contribution is 0.0781. The molecule has 0 radical (unpaired) electrons. The lowest BCUT2D eigenvalue weighted by Crippen LogP contribution is -2.29. The van der Waals surface area contributed by atoms with Crippen LogP contribution in [0.5, 0.6) is 5.75 Å². The Bertz CT molecular complexity index is 613. The number of rotatable bonds is 2. The van der Waals surface area contributed by atoms with Gasteiger partial charge in [0.05, 0.1) is 0 Å². The van der Waals surface area contributed by atoms with Crippen LogP contribution in [0.15, 0.2) is 48.7 Å². The first kappa shape index (κ1) is 12.7. The van der Waals surface area contributed by atoms with E-state index in [1.165, 1.54) is 17.8 Å². The van der Waals surface area contributed by atoms with E-state index in [0.29, 0.717) is 19.0 Å². The maximum absolute atomic E-state index is 12.3. The average Bonchev–Trinajstić information content (AvgIpc) is 2.98. The van der Waals surface area contributed by atoms with Gasteiger partial charge in [0.15, 0.2) is 5.69 Å². The second kappa shape index (κ2) is 5.33. The molecular weight excluding hydrogens is 252 g/mol. The fourth-order valence-electron chi connectivity index (χ4n) is 2.65. The van der Waals surface area contributed by atoms with Gasteiger partial charge in [-0.05, 0) is 24.1 Å². The average molecular weight is 268 g/mol. The van der Waals surface area contributed by atoms with E-state index in [4.69, 9.17) is 0 Å². The highest BCUT2D eigenvalue weighted by Crippen LogP contribution is 2.28. The predicted molar refractivity (Wildman–Crippen MR) is 75.6 cm³/mol. The van der Waals surface area contributed by atoms with E-state index < -0.39 is 0 Å². The first-order chi connectivity index (χ1) is 9.75. The molecule has 102 valence electrons. The third-order valence-electron chi connectivity index (χ3n) is 3.74. The summed E-state index contributed by atoms with van der Waals surface area (Å²) in [6.45, 7) is 1.38. The minimum atomic E-state index is -0.193. The first-order valence-corrected chi connectivity index (χ1v) is 6.74. The highest BCUT2D eigenvalue weighted by Gasteiger charge is 2.29. The number of nitrogens with zero attached hydrogens (tertiary/aromatic N) is 2. The summed E-state index contributed by atoms with van der Waals surface area (Å²) in [5, 5.41) is 9.71. The number of carbonyl (C=O) groups is 1. The molecule has 1 unspecified atom stereocenters. The van der Waals surface area contributed by atoms with E-state index in [9.17, 15) is 9.90 Å². The maximum Gasteiger partial charge on any atom is 0.276 e. The topological polar surface area (TPSA) is 53.4 Å². The molecule has 0 spiro atoms. The Morgan fingerprint density at radius 3 is 2.75 bits per heavy atom. The van der Waals surface area contributed by atoms with Gasteiger partial charge in [-0.3, -0.25) is 4.79 Å². The fraction of sp³-hybridized carbons (Fsp3) is 0.250. The second-order valence-corrected chi connectivity index (χ2v) is 5.02. The Morgan fingerprint density at radius 2 is 2.00 bits per heavy atom. The summed E-state index contributed by atoms with van der Waals surface area (Å²) < 4.78 is 0. The van der Waals surface area contributed by atoms with Crippen molar-refractivity contribution >= 4 is 5.91 Å². The van der Waals surface area contributed by atoms with E-state index in [1.54, 1.807) is 11.0 Å². The zero-order chi connectivity index (χ0) is 13.9. The molecule has 0 bridgehead atoms. The van der Waals surface area contributed by atoms with Crippen LogP contribution in [0.2, 0.25) is 0 Å². The van der Waals surface area contributed by atoms with Gasteiger partial charge in [0, 0.05) is 25.2 Å². The number of hydrogen-bond donors (Lipinski definition) is 1. The molecule has 4 nitrogen and oxygen atoms in total. The quantitative estimate of drug-likeness (QED) is 0.910. The highest BCUT2D eigenvalue weighted by atomic mass is 16.3. The predicted octanol–water partition coefficient (Wildman–Crippen LogP) is 2.42. The van der Waals surface area contributed by atoms with Crippen molar-refractivity contribution in [2.45, 2.75) is 12.3 Å². The van der Waals surface area contributed by atoms with Crippen molar-refractivity contribution < 1.29 is 9.90 Å². The van der Waals surface area contributed by atoms with Crippen LogP contribution >= 0.6 is 0 Å².